The Balaban J connectivity index is 2.09. The van der Waals surface area contributed by atoms with Crippen molar-refractivity contribution in [2.24, 2.45) is 0 Å². The van der Waals surface area contributed by atoms with Crippen molar-refractivity contribution < 1.29 is 4.74 Å². The monoisotopic (exact) mass is 254 g/mol. The summed E-state index contributed by atoms with van der Waals surface area (Å²) in [6.07, 6.45) is 6.68. The number of hydrogen-bond acceptors (Lipinski definition) is 3. The zero-order chi connectivity index (χ0) is 13.2. The molecule has 0 radical (unpaired) electrons. The lowest BCUT2D eigenvalue weighted by molar-refractivity contribution is -0.0183. The van der Waals surface area contributed by atoms with E-state index in [1.807, 2.05) is 0 Å². The molecule has 1 atom stereocenters. The second-order valence-corrected chi connectivity index (χ2v) is 6.93. The molecule has 2 aliphatic rings. The van der Waals surface area contributed by atoms with Crippen molar-refractivity contribution in [2.75, 3.05) is 26.8 Å². The van der Waals surface area contributed by atoms with Crippen LogP contribution in [0.15, 0.2) is 0 Å². The largest absolute Gasteiger partial charge is 0.385 e. The molecule has 106 valence electrons. The van der Waals surface area contributed by atoms with Gasteiger partial charge in [-0.15, -0.1) is 0 Å². The molecule has 0 aromatic rings. The highest BCUT2D eigenvalue weighted by Gasteiger charge is 2.46. The molecule has 18 heavy (non-hydrogen) atoms. The molecule has 1 saturated carbocycles. The van der Waals surface area contributed by atoms with Crippen LogP contribution in [0.4, 0.5) is 0 Å². The molecule has 2 fully saturated rings. The lowest BCUT2D eigenvalue weighted by Gasteiger charge is -2.54. The summed E-state index contributed by atoms with van der Waals surface area (Å²) in [6.45, 7) is 10.2. The van der Waals surface area contributed by atoms with Crippen LogP contribution in [0.1, 0.15) is 52.9 Å². The molecule has 1 spiro atoms. The fraction of sp³-hybridized carbons (Fsp3) is 1.00. The van der Waals surface area contributed by atoms with Crippen LogP contribution < -0.4 is 5.32 Å². The van der Waals surface area contributed by atoms with Crippen molar-refractivity contribution in [1.29, 1.82) is 0 Å². The number of nitrogens with zero attached hydrogens (tertiary/aromatic N) is 1. The Morgan fingerprint density at radius 2 is 1.94 bits per heavy atom. The van der Waals surface area contributed by atoms with Crippen molar-refractivity contribution >= 4 is 0 Å². The maximum Gasteiger partial charge on any atom is 0.0477 e. The molecule has 1 heterocycles. The fourth-order valence-corrected chi connectivity index (χ4v) is 3.72. The van der Waals surface area contributed by atoms with E-state index in [0.29, 0.717) is 11.6 Å². The van der Waals surface area contributed by atoms with Gasteiger partial charge in [-0.3, -0.25) is 4.90 Å². The number of rotatable bonds is 4. The van der Waals surface area contributed by atoms with E-state index in [9.17, 15) is 0 Å². The summed E-state index contributed by atoms with van der Waals surface area (Å²) in [5.41, 5.74) is 0.678. The summed E-state index contributed by atoms with van der Waals surface area (Å²) >= 11 is 0. The molecular weight excluding hydrogens is 224 g/mol. The molecule has 2 rings (SSSR count). The summed E-state index contributed by atoms with van der Waals surface area (Å²) in [4.78, 5) is 2.79. The molecule has 0 bridgehead atoms. The van der Waals surface area contributed by atoms with Gasteiger partial charge in [0.15, 0.2) is 0 Å². The first-order valence-corrected chi connectivity index (χ1v) is 7.50. The van der Waals surface area contributed by atoms with Gasteiger partial charge in [0.05, 0.1) is 0 Å². The van der Waals surface area contributed by atoms with Crippen LogP contribution in [0, 0.1) is 0 Å². The maximum atomic E-state index is 5.26. The van der Waals surface area contributed by atoms with E-state index in [-0.39, 0.29) is 5.54 Å². The third-order valence-electron chi connectivity index (χ3n) is 4.88. The summed E-state index contributed by atoms with van der Waals surface area (Å²) in [7, 11) is 1.81. The fourth-order valence-electron chi connectivity index (χ4n) is 3.72. The minimum absolute atomic E-state index is 0.245. The van der Waals surface area contributed by atoms with Crippen molar-refractivity contribution in [3.63, 3.8) is 0 Å². The van der Waals surface area contributed by atoms with Gasteiger partial charge in [-0.1, -0.05) is 12.8 Å². The number of hydrogen-bond donors (Lipinski definition) is 1. The first-order valence-electron chi connectivity index (χ1n) is 7.50. The Labute approximate surface area is 112 Å². The zero-order valence-corrected chi connectivity index (χ0v) is 12.6. The van der Waals surface area contributed by atoms with Gasteiger partial charge in [0.25, 0.3) is 0 Å². The van der Waals surface area contributed by atoms with E-state index in [2.05, 4.69) is 31.0 Å². The maximum absolute atomic E-state index is 5.26. The first kappa shape index (κ1) is 14.3. The molecular formula is C15H30N2O. The second kappa shape index (κ2) is 5.48. The van der Waals surface area contributed by atoms with Crippen LogP contribution in [0.3, 0.4) is 0 Å². The summed E-state index contributed by atoms with van der Waals surface area (Å²) in [5.74, 6) is 0. The van der Waals surface area contributed by atoms with Crippen molar-refractivity contribution in [2.45, 2.75) is 70.0 Å². The van der Waals surface area contributed by atoms with Crippen LogP contribution in [-0.2, 0) is 4.74 Å². The van der Waals surface area contributed by atoms with Gasteiger partial charge in [-0.25, -0.2) is 0 Å². The molecule has 1 N–H and O–H groups in total. The SMILES string of the molecule is COCCC(C)N1CC(C)(C)NCC12CCCC2. The molecule has 1 aliphatic carbocycles. The number of piperazine rings is 1. The van der Waals surface area contributed by atoms with E-state index >= 15 is 0 Å². The molecule has 0 amide bonds. The minimum atomic E-state index is 0.245. The van der Waals surface area contributed by atoms with Gasteiger partial charge >= 0.3 is 0 Å². The number of nitrogens with one attached hydrogen (secondary N) is 1. The van der Waals surface area contributed by atoms with Gasteiger partial charge in [0.1, 0.15) is 0 Å². The second-order valence-electron chi connectivity index (χ2n) is 6.93. The van der Waals surface area contributed by atoms with E-state index < -0.39 is 0 Å². The molecule has 3 heteroatoms. The average Bonchev–Trinajstić information content (AvgIpc) is 2.79. The predicted molar refractivity (Wildman–Crippen MR) is 75.9 cm³/mol. The van der Waals surface area contributed by atoms with Crippen LogP contribution in [0.25, 0.3) is 0 Å². The van der Waals surface area contributed by atoms with E-state index in [4.69, 9.17) is 4.74 Å². The van der Waals surface area contributed by atoms with E-state index in [1.54, 1.807) is 7.11 Å². The van der Waals surface area contributed by atoms with Gasteiger partial charge in [-0.2, -0.15) is 0 Å². The Kier molecular flexibility index (Phi) is 4.35. The van der Waals surface area contributed by atoms with Gasteiger partial charge < -0.3 is 10.1 Å². The lowest BCUT2D eigenvalue weighted by atomic mass is 9.85. The zero-order valence-electron chi connectivity index (χ0n) is 12.6. The predicted octanol–water partition coefficient (Wildman–Crippen LogP) is 2.41. The third kappa shape index (κ3) is 2.89. The number of ether oxygens (including phenoxy) is 1. The molecule has 0 aromatic heterocycles. The van der Waals surface area contributed by atoms with Gasteiger partial charge in [0.2, 0.25) is 0 Å². The van der Waals surface area contributed by atoms with Crippen LogP contribution >= 0.6 is 0 Å². The molecule has 1 aliphatic heterocycles. The van der Waals surface area contributed by atoms with E-state index in [1.165, 1.54) is 25.7 Å². The third-order valence-corrected chi connectivity index (χ3v) is 4.88. The van der Waals surface area contributed by atoms with Crippen molar-refractivity contribution in [3.05, 3.63) is 0 Å². The summed E-state index contributed by atoms with van der Waals surface area (Å²) in [6, 6.07) is 0.629. The highest BCUT2D eigenvalue weighted by atomic mass is 16.5. The molecule has 1 saturated heterocycles. The first-order chi connectivity index (χ1) is 8.49. The van der Waals surface area contributed by atoms with Gasteiger partial charge in [0, 0.05) is 43.9 Å². The Bertz CT molecular complexity index is 272. The minimum Gasteiger partial charge on any atom is -0.385 e. The average molecular weight is 254 g/mol. The summed E-state index contributed by atoms with van der Waals surface area (Å²) in [5, 5.41) is 3.76. The molecule has 1 unspecified atom stereocenters. The normalized spacial score (nSPS) is 28.7. The smallest absolute Gasteiger partial charge is 0.0477 e. The number of methoxy groups -OCH3 is 1. The van der Waals surface area contributed by atoms with Crippen LogP contribution in [-0.4, -0.2) is 48.8 Å². The standard InChI is InChI=1S/C15H30N2O/c1-13(7-10-18-4)17-12-14(2,3)16-11-15(17)8-5-6-9-15/h13,16H,5-12H2,1-4H3. The van der Waals surface area contributed by atoms with Crippen LogP contribution in [0.5, 0.6) is 0 Å². The van der Waals surface area contributed by atoms with Crippen molar-refractivity contribution in [1.82, 2.24) is 10.2 Å². The highest BCUT2D eigenvalue weighted by Crippen LogP contribution is 2.39. The van der Waals surface area contributed by atoms with E-state index in [0.717, 1.165) is 26.1 Å². The van der Waals surface area contributed by atoms with Crippen molar-refractivity contribution in [3.8, 4) is 0 Å². The lowest BCUT2D eigenvalue weighted by Crippen LogP contribution is -2.69. The quantitative estimate of drug-likeness (QED) is 0.834. The molecule has 0 aromatic carbocycles. The Hall–Kier alpha value is -0.120. The summed E-state index contributed by atoms with van der Waals surface area (Å²) < 4.78 is 5.26. The Morgan fingerprint density at radius 3 is 2.56 bits per heavy atom. The topological polar surface area (TPSA) is 24.5 Å². The highest BCUT2D eigenvalue weighted by molar-refractivity contribution is 5.05. The molecule has 3 nitrogen and oxygen atoms in total. The van der Waals surface area contributed by atoms with Crippen LogP contribution in [0.2, 0.25) is 0 Å². The van der Waals surface area contributed by atoms with Gasteiger partial charge in [-0.05, 0) is 40.0 Å². The Morgan fingerprint density at radius 1 is 1.28 bits per heavy atom.